The van der Waals surface area contributed by atoms with Crippen LogP contribution in [0.15, 0.2) is 46.7 Å². The van der Waals surface area contributed by atoms with Crippen molar-refractivity contribution in [3.05, 3.63) is 56.3 Å². The fourth-order valence-electron chi connectivity index (χ4n) is 3.99. The Morgan fingerprint density at radius 3 is 2.60 bits per heavy atom. The number of methoxy groups -OCH3 is 1. The van der Waals surface area contributed by atoms with Crippen LogP contribution in [0.1, 0.15) is 37.9 Å². The van der Waals surface area contributed by atoms with Crippen LogP contribution in [-0.4, -0.2) is 63.1 Å². The molecule has 0 unspecified atom stereocenters. The monoisotopic (exact) mass is 693 g/mol. The molecule has 0 spiro atoms. The largest absolute Gasteiger partial charge is 0.490 e. The van der Waals surface area contributed by atoms with Gasteiger partial charge in [-0.05, 0) is 78.8 Å². The smallest absolute Gasteiger partial charge is 0.337 e. The van der Waals surface area contributed by atoms with Crippen molar-refractivity contribution in [3.8, 4) is 29.1 Å². The molecule has 42 heavy (non-hydrogen) atoms. The predicted molar refractivity (Wildman–Crippen MR) is 160 cm³/mol. The van der Waals surface area contributed by atoms with E-state index < -0.39 is 24.3 Å². The number of halogens is 1. The molecule has 0 radical (unpaired) electrons. The van der Waals surface area contributed by atoms with Crippen LogP contribution < -0.4 is 35.0 Å². The third-order valence-corrected chi connectivity index (χ3v) is 6.52. The highest BCUT2D eigenvalue weighted by atomic mass is 127. The molecular weight excluding hydrogens is 661 g/mol. The summed E-state index contributed by atoms with van der Waals surface area (Å²) in [6, 6.07) is 9.20. The zero-order valence-corrected chi connectivity index (χ0v) is 25.7. The highest BCUT2D eigenvalue weighted by molar-refractivity contribution is 14.1. The number of esters is 1. The third kappa shape index (κ3) is 8.40. The highest BCUT2D eigenvalue weighted by Gasteiger charge is 2.32. The van der Waals surface area contributed by atoms with E-state index in [0.717, 1.165) is 3.57 Å². The van der Waals surface area contributed by atoms with E-state index in [1.165, 1.54) is 13.3 Å². The molecule has 14 heteroatoms. The summed E-state index contributed by atoms with van der Waals surface area (Å²) in [5, 5.41) is 28.6. The summed E-state index contributed by atoms with van der Waals surface area (Å²) in [6.07, 6.45) is 0.337. The first-order valence-corrected chi connectivity index (χ1v) is 14.0. The Morgan fingerprint density at radius 1 is 1.17 bits per heavy atom. The number of benzene rings is 2. The van der Waals surface area contributed by atoms with Crippen molar-refractivity contribution in [3.63, 3.8) is 0 Å². The highest BCUT2D eigenvalue weighted by Crippen LogP contribution is 2.35. The number of allylic oxidation sites excluding steroid dienone is 1. The number of amides is 2. The molecule has 13 nitrogen and oxygen atoms in total. The number of carbonyl (C=O) groups is 2. The van der Waals surface area contributed by atoms with Gasteiger partial charge < -0.3 is 39.4 Å². The van der Waals surface area contributed by atoms with E-state index >= 15 is 0 Å². The minimum absolute atomic E-state index is 0.106. The zero-order valence-electron chi connectivity index (χ0n) is 23.5. The molecule has 1 aliphatic heterocycles. The van der Waals surface area contributed by atoms with Gasteiger partial charge in [-0.15, -0.1) is 0 Å². The van der Waals surface area contributed by atoms with Gasteiger partial charge in [-0.25, -0.2) is 9.59 Å². The Balaban J connectivity index is 1.69. The van der Waals surface area contributed by atoms with Gasteiger partial charge >= 0.3 is 12.0 Å². The van der Waals surface area contributed by atoms with Crippen molar-refractivity contribution in [2.45, 2.75) is 33.0 Å². The van der Waals surface area contributed by atoms with Crippen LogP contribution in [-0.2, 0) is 9.53 Å². The van der Waals surface area contributed by atoms with Crippen LogP contribution in [0.5, 0.6) is 23.0 Å². The molecule has 2 amide bonds. The van der Waals surface area contributed by atoms with Gasteiger partial charge in [0.15, 0.2) is 35.8 Å². The van der Waals surface area contributed by atoms with E-state index in [9.17, 15) is 14.7 Å². The lowest BCUT2D eigenvalue weighted by Crippen LogP contribution is -2.45. The van der Waals surface area contributed by atoms with Crippen LogP contribution in [0.2, 0.25) is 0 Å². The predicted octanol–water partition coefficient (Wildman–Crippen LogP) is 3.11. The number of rotatable bonds is 14. The number of hydrogen-bond donors (Lipinski definition) is 4. The molecule has 0 aliphatic carbocycles. The quantitative estimate of drug-likeness (QED) is 0.0758. The number of hydrogen-bond acceptors (Lipinski definition) is 11. The van der Waals surface area contributed by atoms with E-state index in [2.05, 4.69) is 43.8 Å². The molecule has 2 aromatic carbocycles. The molecule has 0 saturated heterocycles. The summed E-state index contributed by atoms with van der Waals surface area (Å²) in [5.41, 5.74) is 4.51. The molecule has 1 aliphatic rings. The van der Waals surface area contributed by atoms with Crippen LogP contribution in [0.4, 0.5) is 4.79 Å². The molecule has 2 aromatic rings. The fraction of sp³-hybridized carbons (Fsp3) is 0.357. The van der Waals surface area contributed by atoms with Gasteiger partial charge in [0.2, 0.25) is 0 Å². The first-order chi connectivity index (χ1) is 20.2. The summed E-state index contributed by atoms with van der Waals surface area (Å²) in [5.74, 6) is 1.08. The second kappa shape index (κ2) is 15.7. The van der Waals surface area contributed by atoms with E-state index in [4.69, 9.17) is 28.9 Å². The van der Waals surface area contributed by atoms with Crippen LogP contribution in [0, 0.1) is 14.9 Å². The summed E-state index contributed by atoms with van der Waals surface area (Å²) in [7, 11) is 1.27. The SMILES string of the molecule is CCOc1cc([C@H]2NC(=O)NC(C)=C2C(=O)OC)ccc1OC[C@H](O)N/N=C\c1cc(I)c(OCC#N)c(OCC)c1. The number of nitrogens with zero attached hydrogens (tertiary/aromatic N) is 2. The van der Waals surface area contributed by atoms with Crippen molar-refractivity contribution in [2.24, 2.45) is 5.10 Å². The Hall–Kier alpha value is -4.23. The first kappa shape index (κ1) is 32.3. The number of carbonyl (C=O) groups excluding carboxylic acids is 2. The fourth-order valence-corrected chi connectivity index (χ4v) is 4.77. The molecule has 0 fully saturated rings. The van der Waals surface area contributed by atoms with E-state index in [1.807, 2.05) is 13.0 Å². The number of nitrogens with one attached hydrogen (secondary N) is 3. The second-order valence-electron chi connectivity index (χ2n) is 8.62. The normalized spacial score (nSPS) is 15.3. The lowest BCUT2D eigenvalue weighted by molar-refractivity contribution is -0.136. The van der Waals surface area contributed by atoms with E-state index in [-0.39, 0.29) is 18.8 Å². The maximum Gasteiger partial charge on any atom is 0.337 e. The topological polar surface area (TPSA) is 173 Å². The average Bonchev–Trinajstić information content (AvgIpc) is 2.95. The molecular formula is C28H32IN5O8. The Morgan fingerprint density at radius 2 is 1.90 bits per heavy atom. The lowest BCUT2D eigenvalue weighted by Gasteiger charge is -2.28. The average molecular weight is 693 g/mol. The summed E-state index contributed by atoms with van der Waals surface area (Å²) < 4.78 is 28.3. The Kier molecular flexibility index (Phi) is 12.1. The second-order valence-corrected chi connectivity index (χ2v) is 9.79. The number of aliphatic hydroxyl groups is 1. The van der Waals surface area contributed by atoms with Crippen LogP contribution >= 0.6 is 22.6 Å². The molecule has 1 heterocycles. The van der Waals surface area contributed by atoms with Gasteiger partial charge in [-0.2, -0.15) is 10.4 Å². The van der Waals surface area contributed by atoms with Gasteiger partial charge in [-0.1, -0.05) is 6.07 Å². The first-order valence-electron chi connectivity index (χ1n) is 12.9. The van der Waals surface area contributed by atoms with Crippen molar-refractivity contribution in [1.82, 2.24) is 16.1 Å². The third-order valence-electron chi connectivity index (χ3n) is 5.72. The number of nitriles is 1. The van der Waals surface area contributed by atoms with Gasteiger partial charge in [0, 0.05) is 5.70 Å². The summed E-state index contributed by atoms with van der Waals surface area (Å²) in [6.45, 7) is 5.72. The maximum atomic E-state index is 12.4. The Labute approximate surface area is 256 Å². The minimum atomic E-state index is -1.17. The van der Waals surface area contributed by atoms with Crippen LogP contribution in [0.25, 0.3) is 0 Å². The molecule has 0 aromatic heterocycles. The summed E-state index contributed by atoms with van der Waals surface area (Å²) in [4.78, 5) is 24.5. The van der Waals surface area contributed by atoms with Crippen molar-refractivity contribution < 1.29 is 38.4 Å². The molecule has 3 rings (SSSR count). The van der Waals surface area contributed by atoms with Gasteiger partial charge in [0.25, 0.3) is 0 Å². The number of ether oxygens (including phenoxy) is 5. The van der Waals surface area contributed by atoms with Crippen molar-refractivity contribution in [1.29, 1.82) is 5.26 Å². The van der Waals surface area contributed by atoms with Crippen LogP contribution in [0.3, 0.4) is 0 Å². The minimum Gasteiger partial charge on any atom is -0.490 e. The Bertz CT molecular complexity index is 1390. The van der Waals surface area contributed by atoms with Gasteiger partial charge in [0.05, 0.1) is 41.7 Å². The lowest BCUT2D eigenvalue weighted by atomic mass is 9.95. The number of aliphatic hydroxyl groups excluding tert-OH is 1. The van der Waals surface area contributed by atoms with Crippen molar-refractivity contribution >= 4 is 40.8 Å². The molecule has 224 valence electrons. The zero-order chi connectivity index (χ0) is 30.6. The maximum absolute atomic E-state index is 12.4. The standard InChI is InChI=1S/C28H32IN5O8/c1-5-39-21-13-18(25-24(27(36)38-4)16(3)32-28(37)33-25)7-8-20(21)42-15-23(35)34-31-14-17-11-19(29)26(41-10-9-30)22(12-17)40-6-2/h7-8,11-14,23,25,34-35H,5-6,10,15H2,1-4H3,(H2,32,33,37)/b31-14-/t23-,25+/m0/s1. The number of hydrazone groups is 1. The summed E-state index contributed by atoms with van der Waals surface area (Å²) >= 11 is 2.08. The molecule has 2 atom stereocenters. The molecule has 0 saturated carbocycles. The van der Waals surface area contributed by atoms with E-state index in [0.29, 0.717) is 53.0 Å². The molecule has 0 bridgehead atoms. The number of urea groups is 1. The van der Waals surface area contributed by atoms with Crippen molar-refractivity contribution in [2.75, 3.05) is 33.5 Å². The van der Waals surface area contributed by atoms with Gasteiger partial charge in [0.1, 0.15) is 12.7 Å². The van der Waals surface area contributed by atoms with Gasteiger partial charge in [-0.3, -0.25) is 5.43 Å². The van der Waals surface area contributed by atoms with E-state index in [1.54, 1.807) is 44.2 Å². The molecule has 4 N–H and O–H groups in total.